The van der Waals surface area contributed by atoms with E-state index in [-0.39, 0.29) is 11.3 Å². The van der Waals surface area contributed by atoms with Crippen molar-refractivity contribution in [1.82, 2.24) is 9.80 Å². The smallest absolute Gasteiger partial charge is 0.295 e. The van der Waals surface area contributed by atoms with E-state index >= 15 is 0 Å². The van der Waals surface area contributed by atoms with Gasteiger partial charge in [0.1, 0.15) is 18.1 Å². The number of carbonyl (C=O) groups excluding carboxylic acids is 2. The van der Waals surface area contributed by atoms with Crippen LogP contribution in [-0.2, 0) is 20.9 Å². The van der Waals surface area contributed by atoms with E-state index in [0.717, 1.165) is 42.7 Å². The number of nitrogens with zero attached hydrogens (tertiary/aromatic N) is 2. The number of amides is 1. The third kappa shape index (κ3) is 6.05. The fourth-order valence-electron chi connectivity index (χ4n) is 5.26. The highest BCUT2D eigenvalue weighted by molar-refractivity contribution is 6.46. The number of hydrogen-bond donors (Lipinski definition) is 1. The maximum absolute atomic E-state index is 13.4. The molecule has 3 aromatic carbocycles. The van der Waals surface area contributed by atoms with Crippen LogP contribution in [0.4, 0.5) is 0 Å². The SMILES string of the molecule is Cc1cc(OCc2ccccc2)ccc1C(O)=C1C(=O)C(=O)N(CCCN2CCOCC2)C1c1ccccc1. The fraction of sp³-hybridized carbons (Fsp3) is 0.312. The first-order valence-corrected chi connectivity index (χ1v) is 13.4. The van der Waals surface area contributed by atoms with Crippen molar-refractivity contribution in [2.24, 2.45) is 0 Å². The third-order valence-electron chi connectivity index (χ3n) is 7.33. The van der Waals surface area contributed by atoms with E-state index < -0.39 is 17.7 Å². The van der Waals surface area contributed by atoms with E-state index in [9.17, 15) is 14.7 Å². The lowest BCUT2D eigenvalue weighted by atomic mass is 9.94. The van der Waals surface area contributed by atoms with E-state index in [2.05, 4.69) is 4.90 Å². The Morgan fingerprint density at radius 1 is 0.949 bits per heavy atom. The number of ketones is 1. The molecular formula is C32H34N2O5. The van der Waals surface area contributed by atoms with Crippen LogP contribution in [0.5, 0.6) is 5.75 Å². The van der Waals surface area contributed by atoms with Gasteiger partial charge < -0.3 is 19.5 Å². The van der Waals surface area contributed by atoms with Crippen molar-refractivity contribution >= 4 is 17.4 Å². The maximum Gasteiger partial charge on any atom is 0.295 e. The summed E-state index contributed by atoms with van der Waals surface area (Å²) in [6.07, 6.45) is 0.725. The molecule has 5 rings (SSSR count). The van der Waals surface area contributed by atoms with Crippen molar-refractivity contribution in [3.8, 4) is 5.75 Å². The Labute approximate surface area is 229 Å². The number of benzene rings is 3. The standard InChI is InChI=1S/C32H34N2O5/c1-23-21-26(39-22-24-9-4-2-5-10-24)13-14-27(23)30(35)28-29(25-11-6-3-7-12-25)34(32(37)31(28)36)16-8-15-33-17-19-38-20-18-33/h2-7,9-14,21,29,35H,8,15-20,22H2,1H3. The van der Waals surface area contributed by atoms with E-state index in [1.807, 2.05) is 73.7 Å². The van der Waals surface area contributed by atoms with Crippen LogP contribution in [0.15, 0.2) is 84.4 Å². The number of likely N-dealkylation sites (tertiary alicyclic amines) is 1. The average molecular weight is 527 g/mol. The van der Waals surface area contributed by atoms with Crippen LogP contribution >= 0.6 is 0 Å². The lowest BCUT2D eigenvalue weighted by molar-refractivity contribution is -0.140. The minimum atomic E-state index is -0.656. The number of aliphatic hydroxyl groups is 1. The molecule has 2 aliphatic heterocycles. The normalized spacial score (nSPS) is 19.4. The molecule has 1 amide bonds. The molecule has 2 saturated heterocycles. The van der Waals surface area contributed by atoms with Gasteiger partial charge >= 0.3 is 0 Å². The highest BCUT2D eigenvalue weighted by Crippen LogP contribution is 2.40. The molecule has 0 aliphatic carbocycles. The van der Waals surface area contributed by atoms with E-state index in [1.54, 1.807) is 17.0 Å². The molecule has 2 fully saturated rings. The largest absolute Gasteiger partial charge is 0.507 e. The Bertz CT molecular complexity index is 1330. The number of Topliss-reactive ketones (excluding diaryl/α,β-unsaturated/α-hetero) is 1. The monoisotopic (exact) mass is 526 g/mol. The molecule has 2 aliphatic rings. The lowest BCUT2D eigenvalue weighted by Gasteiger charge is -2.29. The Morgan fingerprint density at radius 3 is 2.33 bits per heavy atom. The van der Waals surface area contributed by atoms with Crippen molar-refractivity contribution in [2.45, 2.75) is 26.0 Å². The van der Waals surface area contributed by atoms with Gasteiger partial charge in [-0.15, -0.1) is 0 Å². The fourth-order valence-corrected chi connectivity index (χ4v) is 5.26. The molecule has 1 unspecified atom stereocenters. The molecule has 0 radical (unpaired) electrons. The summed E-state index contributed by atoms with van der Waals surface area (Å²) >= 11 is 0. The number of hydrogen-bond acceptors (Lipinski definition) is 6. The number of aliphatic hydroxyl groups excluding tert-OH is 1. The summed E-state index contributed by atoms with van der Waals surface area (Å²) in [5, 5.41) is 11.5. The summed E-state index contributed by atoms with van der Waals surface area (Å²) in [6.45, 7) is 6.68. The maximum atomic E-state index is 13.4. The van der Waals surface area contributed by atoms with Crippen molar-refractivity contribution in [1.29, 1.82) is 0 Å². The Morgan fingerprint density at radius 2 is 1.64 bits per heavy atom. The molecule has 1 atom stereocenters. The first-order chi connectivity index (χ1) is 19.0. The minimum absolute atomic E-state index is 0.124. The third-order valence-corrected chi connectivity index (χ3v) is 7.33. The molecule has 7 heteroatoms. The minimum Gasteiger partial charge on any atom is -0.507 e. The zero-order valence-corrected chi connectivity index (χ0v) is 22.2. The van der Waals surface area contributed by atoms with Gasteiger partial charge in [-0.1, -0.05) is 60.7 Å². The van der Waals surface area contributed by atoms with Crippen LogP contribution in [-0.4, -0.2) is 66.0 Å². The number of carbonyl (C=O) groups is 2. The molecule has 2 heterocycles. The highest BCUT2D eigenvalue weighted by Gasteiger charge is 2.45. The molecule has 1 N–H and O–H groups in total. The van der Waals surface area contributed by atoms with Gasteiger partial charge in [-0.25, -0.2) is 0 Å². The van der Waals surface area contributed by atoms with Crippen LogP contribution in [0.25, 0.3) is 5.76 Å². The molecule has 0 spiro atoms. The van der Waals surface area contributed by atoms with Crippen molar-refractivity contribution in [3.63, 3.8) is 0 Å². The van der Waals surface area contributed by atoms with Crippen molar-refractivity contribution in [3.05, 3.63) is 107 Å². The highest BCUT2D eigenvalue weighted by atomic mass is 16.5. The van der Waals surface area contributed by atoms with Crippen molar-refractivity contribution in [2.75, 3.05) is 39.4 Å². The number of ether oxygens (including phenoxy) is 2. The van der Waals surface area contributed by atoms with Crippen LogP contribution < -0.4 is 4.74 Å². The summed E-state index contributed by atoms with van der Waals surface area (Å²) in [7, 11) is 0. The second-order valence-electron chi connectivity index (χ2n) is 9.96. The Balaban J connectivity index is 1.40. The summed E-state index contributed by atoms with van der Waals surface area (Å²) in [6, 6.07) is 24.1. The zero-order chi connectivity index (χ0) is 27.2. The topological polar surface area (TPSA) is 79.3 Å². The Kier molecular flexibility index (Phi) is 8.39. The van der Waals surface area contributed by atoms with Gasteiger partial charge in [0.2, 0.25) is 0 Å². The van der Waals surface area contributed by atoms with Crippen LogP contribution in [0.1, 0.15) is 34.7 Å². The van der Waals surface area contributed by atoms with Gasteiger partial charge in [-0.05, 0) is 48.2 Å². The van der Waals surface area contributed by atoms with Crippen LogP contribution in [0.2, 0.25) is 0 Å². The zero-order valence-electron chi connectivity index (χ0n) is 22.2. The van der Waals surface area contributed by atoms with Gasteiger partial charge in [0.15, 0.2) is 0 Å². The molecule has 3 aromatic rings. The molecule has 0 bridgehead atoms. The number of aryl methyl sites for hydroxylation is 1. The summed E-state index contributed by atoms with van der Waals surface area (Å²) < 4.78 is 11.4. The molecule has 39 heavy (non-hydrogen) atoms. The average Bonchev–Trinajstić information content (AvgIpc) is 3.22. The van der Waals surface area contributed by atoms with Gasteiger partial charge in [-0.3, -0.25) is 14.5 Å². The Hall–Kier alpha value is -3.94. The number of morpholine rings is 1. The van der Waals surface area contributed by atoms with Crippen LogP contribution in [0.3, 0.4) is 0 Å². The first-order valence-electron chi connectivity index (χ1n) is 13.4. The van der Waals surface area contributed by atoms with Gasteiger partial charge in [0.25, 0.3) is 11.7 Å². The second-order valence-corrected chi connectivity index (χ2v) is 9.96. The predicted octanol–water partition coefficient (Wildman–Crippen LogP) is 4.72. The predicted molar refractivity (Wildman–Crippen MR) is 149 cm³/mol. The van der Waals surface area contributed by atoms with Gasteiger partial charge in [0, 0.05) is 31.7 Å². The summed E-state index contributed by atoms with van der Waals surface area (Å²) in [5.74, 6) is -0.731. The molecule has 202 valence electrons. The summed E-state index contributed by atoms with van der Waals surface area (Å²) in [5.41, 5.74) is 3.24. The van der Waals surface area contributed by atoms with E-state index in [4.69, 9.17) is 9.47 Å². The molecular weight excluding hydrogens is 492 g/mol. The van der Waals surface area contributed by atoms with Gasteiger partial charge in [0.05, 0.1) is 24.8 Å². The molecule has 7 nitrogen and oxygen atoms in total. The van der Waals surface area contributed by atoms with Gasteiger partial charge in [-0.2, -0.15) is 0 Å². The number of rotatable bonds is 9. The van der Waals surface area contributed by atoms with E-state index in [1.165, 1.54) is 0 Å². The van der Waals surface area contributed by atoms with Crippen molar-refractivity contribution < 1.29 is 24.2 Å². The van der Waals surface area contributed by atoms with Crippen LogP contribution in [0, 0.1) is 6.92 Å². The van der Waals surface area contributed by atoms with E-state index in [0.29, 0.717) is 37.7 Å². The quantitative estimate of drug-likeness (QED) is 0.247. The second kappa shape index (κ2) is 12.3. The summed E-state index contributed by atoms with van der Waals surface area (Å²) in [4.78, 5) is 30.5. The molecule has 0 aromatic heterocycles. The lowest BCUT2D eigenvalue weighted by Crippen LogP contribution is -2.38. The first kappa shape index (κ1) is 26.7. The molecule has 0 saturated carbocycles.